The van der Waals surface area contributed by atoms with Crippen LogP contribution in [0.25, 0.3) is 0 Å². The van der Waals surface area contributed by atoms with Gasteiger partial charge < -0.3 is 5.32 Å². The van der Waals surface area contributed by atoms with Gasteiger partial charge in [-0.2, -0.15) is 0 Å². The fourth-order valence-corrected chi connectivity index (χ4v) is 3.83. The average molecular weight is 338 g/mol. The molecule has 0 aliphatic carbocycles. The molecule has 3 nitrogen and oxygen atoms in total. The predicted octanol–water partition coefficient (Wildman–Crippen LogP) is 4.34. The quantitative estimate of drug-likeness (QED) is 0.796. The number of thioether (sulfide) groups is 1. The highest BCUT2D eigenvalue weighted by molar-refractivity contribution is 8.13. The molecule has 1 N–H and O–H groups in total. The lowest BCUT2D eigenvalue weighted by atomic mass is 9.83. The second kappa shape index (κ2) is 7.67. The van der Waals surface area contributed by atoms with Gasteiger partial charge >= 0.3 is 0 Å². The van der Waals surface area contributed by atoms with Crippen LogP contribution in [0.2, 0.25) is 0 Å². The summed E-state index contributed by atoms with van der Waals surface area (Å²) in [7, 11) is 0. The lowest BCUT2D eigenvalue weighted by Crippen LogP contribution is -2.38. The number of hydrogen-bond acceptors (Lipinski definition) is 3. The topological polar surface area (TPSA) is 41.5 Å². The molecule has 0 saturated carbocycles. The van der Waals surface area contributed by atoms with Crippen LogP contribution in [0.3, 0.4) is 0 Å². The Morgan fingerprint density at radius 3 is 2.08 bits per heavy atom. The second-order valence-electron chi connectivity index (χ2n) is 5.87. The van der Waals surface area contributed by atoms with Crippen molar-refractivity contribution >= 4 is 22.8 Å². The molecule has 0 saturated heterocycles. The fraction of sp³-hybridized carbons (Fsp3) is 0.300. The van der Waals surface area contributed by atoms with Gasteiger partial charge in [0.1, 0.15) is 0 Å². The number of benzene rings is 2. The van der Waals surface area contributed by atoms with Crippen molar-refractivity contribution in [2.24, 2.45) is 4.99 Å². The zero-order valence-electron chi connectivity index (χ0n) is 13.9. The number of carbonyl (C=O) groups is 1. The Labute approximate surface area is 147 Å². The number of nitrogens with one attached hydrogen (secondary N) is 1. The summed E-state index contributed by atoms with van der Waals surface area (Å²) in [5.74, 6) is 0.907. The van der Waals surface area contributed by atoms with E-state index in [1.54, 1.807) is 11.8 Å². The molecular weight excluding hydrogens is 316 g/mol. The van der Waals surface area contributed by atoms with Crippen LogP contribution in [0.1, 0.15) is 37.3 Å². The average Bonchev–Trinajstić information content (AvgIpc) is 2.98. The van der Waals surface area contributed by atoms with Crippen LogP contribution in [0.5, 0.6) is 0 Å². The van der Waals surface area contributed by atoms with Crippen molar-refractivity contribution in [2.75, 3.05) is 5.75 Å². The normalized spacial score (nSPS) is 15.9. The summed E-state index contributed by atoms with van der Waals surface area (Å²) in [5.41, 5.74) is 0.825. The predicted molar refractivity (Wildman–Crippen MR) is 101 cm³/mol. The molecule has 0 aromatic heterocycles. The zero-order valence-corrected chi connectivity index (χ0v) is 14.7. The zero-order chi connectivity index (χ0) is 16.8. The van der Waals surface area contributed by atoms with E-state index in [4.69, 9.17) is 4.99 Å². The van der Waals surface area contributed by atoms with E-state index in [9.17, 15) is 4.79 Å². The van der Waals surface area contributed by atoms with Crippen LogP contribution in [-0.4, -0.2) is 16.8 Å². The van der Waals surface area contributed by atoms with Crippen LogP contribution in [-0.2, 0) is 10.3 Å². The molecule has 0 atom stereocenters. The fourth-order valence-electron chi connectivity index (χ4n) is 2.92. The number of amides is 1. The molecule has 1 amide bonds. The molecular formula is C20H22N2OS. The van der Waals surface area contributed by atoms with Gasteiger partial charge in [-0.3, -0.25) is 4.79 Å². The molecule has 0 spiro atoms. The standard InChI is InChI=1S/C20H22N2OS/c1-2-3-10-15-24-19-21-18(23)20(22-19,16-11-6-4-7-12-16)17-13-8-5-9-14-17/h4-9,11-14H,2-3,10,15H2,1H3,(H,21,22,23). The van der Waals surface area contributed by atoms with E-state index in [0.717, 1.165) is 28.5 Å². The number of aliphatic imine (C=N–C) groups is 1. The number of unbranched alkanes of at least 4 members (excludes halogenated alkanes) is 2. The first-order valence-corrected chi connectivity index (χ1v) is 9.41. The van der Waals surface area contributed by atoms with Crippen LogP contribution in [0.15, 0.2) is 65.7 Å². The summed E-state index contributed by atoms with van der Waals surface area (Å²) >= 11 is 1.64. The summed E-state index contributed by atoms with van der Waals surface area (Å²) in [6, 6.07) is 19.6. The van der Waals surface area contributed by atoms with Crippen molar-refractivity contribution in [1.29, 1.82) is 0 Å². The first-order chi connectivity index (χ1) is 11.8. The minimum absolute atomic E-state index is 0.0714. The monoisotopic (exact) mass is 338 g/mol. The van der Waals surface area contributed by atoms with Gasteiger partial charge in [0.25, 0.3) is 5.91 Å². The van der Waals surface area contributed by atoms with Crippen molar-refractivity contribution < 1.29 is 4.79 Å². The third-order valence-corrected chi connectivity index (χ3v) is 5.15. The van der Waals surface area contributed by atoms with Gasteiger partial charge in [0, 0.05) is 5.75 Å². The number of hydrogen-bond donors (Lipinski definition) is 1. The van der Waals surface area contributed by atoms with Gasteiger partial charge in [0.15, 0.2) is 10.7 Å². The maximum atomic E-state index is 13.0. The van der Waals surface area contributed by atoms with Crippen LogP contribution < -0.4 is 5.32 Å². The van der Waals surface area contributed by atoms with Crippen LogP contribution >= 0.6 is 11.8 Å². The van der Waals surface area contributed by atoms with E-state index >= 15 is 0 Å². The van der Waals surface area contributed by atoms with Gasteiger partial charge in [-0.05, 0) is 17.5 Å². The van der Waals surface area contributed by atoms with E-state index in [2.05, 4.69) is 12.2 Å². The Kier molecular flexibility index (Phi) is 5.36. The summed E-state index contributed by atoms with van der Waals surface area (Å²) in [6.07, 6.45) is 3.54. The molecule has 1 heterocycles. The third kappa shape index (κ3) is 3.24. The second-order valence-corrected chi connectivity index (χ2v) is 6.95. The first kappa shape index (κ1) is 16.8. The minimum Gasteiger partial charge on any atom is -0.303 e. The minimum atomic E-state index is -0.977. The van der Waals surface area contributed by atoms with E-state index in [1.807, 2.05) is 60.7 Å². The lowest BCUT2D eigenvalue weighted by molar-refractivity contribution is -0.122. The third-order valence-electron chi connectivity index (χ3n) is 4.19. The maximum Gasteiger partial charge on any atom is 0.263 e. The number of rotatable bonds is 6. The molecule has 124 valence electrons. The Hall–Kier alpha value is -2.07. The number of nitrogens with zero attached hydrogens (tertiary/aromatic N) is 1. The summed E-state index contributed by atoms with van der Waals surface area (Å²) in [6.45, 7) is 2.19. The molecule has 0 fully saturated rings. The molecule has 4 heteroatoms. The summed E-state index contributed by atoms with van der Waals surface area (Å²) in [5, 5.41) is 3.72. The molecule has 0 bridgehead atoms. The molecule has 1 aliphatic rings. The Bertz CT molecular complexity index is 673. The molecule has 1 aliphatic heterocycles. The van der Waals surface area contributed by atoms with Gasteiger partial charge in [0.2, 0.25) is 0 Å². The van der Waals surface area contributed by atoms with Crippen molar-refractivity contribution in [1.82, 2.24) is 5.32 Å². The van der Waals surface area contributed by atoms with Crippen molar-refractivity contribution in [2.45, 2.75) is 31.7 Å². The van der Waals surface area contributed by atoms with Crippen molar-refractivity contribution in [3.63, 3.8) is 0 Å². The smallest absolute Gasteiger partial charge is 0.263 e. The summed E-state index contributed by atoms with van der Waals surface area (Å²) in [4.78, 5) is 17.8. The largest absolute Gasteiger partial charge is 0.303 e. The summed E-state index contributed by atoms with van der Waals surface area (Å²) < 4.78 is 0. The van der Waals surface area contributed by atoms with Gasteiger partial charge in [-0.15, -0.1) is 0 Å². The molecule has 0 unspecified atom stereocenters. The van der Waals surface area contributed by atoms with Gasteiger partial charge in [-0.1, -0.05) is 92.2 Å². The molecule has 3 rings (SSSR count). The Balaban J connectivity index is 1.96. The van der Waals surface area contributed by atoms with E-state index in [-0.39, 0.29) is 5.91 Å². The highest BCUT2D eigenvalue weighted by Crippen LogP contribution is 2.38. The van der Waals surface area contributed by atoms with E-state index in [0.29, 0.717) is 0 Å². The van der Waals surface area contributed by atoms with Crippen molar-refractivity contribution in [3.8, 4) is 0 Å². The molecule has 24 heavy (non-hydrogen) atoms. The van der Waals surface area contributed by atoms with E-state index < -0.39 is 5.54 Å². The van der Waals surface area contributed by atoms with E-state index in [1.165, 1.54) is 12.8 Å². The molecule has 0 radical (unpaired) electrons. The number of carbonyl (C=O) groups excluding carboxylic acids is 1. The molecule has 2 aromatic rings. The highest BCUT2D eigenvalue weighted by atomic mass is 32.2. The van der Waals surface area contributed by atoms with Crippen LogP contribution in [0, 0.1) is 0 Å². The van der Waals surface area contributed by atoms with Gasteiger partial charge in [-0.25, -0.2) is 4.99 Å². The first-order valence-electron chi connectivity index (χ1n) is 8.42. The van der Waals surface area contributed by atoms with Crippen molar-refractivity contribution in [3.05, 3.63) is 71.8 Å². The highest BCUT2D eigenvalue weighted by Gasteiger charge is 2.46. The van der Waals surface area contributed by atoms with Gasteiger partial charge in [0.05, 0.1) is 0 Å². The maximum absolute atomic E-state index is 13.0. The van der Waals surface area contributed by atoms with Crippen LogP contribution in [0.4, 0.5) is 0 Å². The SMILES string of the molecule is CCCCCSC1=NC(c2ccccc2)(c2ccccc2)C(=O)N1. The lowest BCUT2D eigenvalue weighted by Gasteiger charge is -2.24. The number of amidine groups is 1. The Morgan fingerprint density at radius 1 is 0.958 bits per heavy atom. The Morgan fingerprint density at radius 2 is 1.54 bits per heavy atom. The molecule has 2 aromatic carbocycles.